The van der Waals surface area contributed by atoms with Gasteiger partial charge in [-0.2, -0.15) is 0 Å². The molecule has 39 heavy (non-hydrogen) atoms. The lowest BCUT2D eigenvalue weighted by Gasteiger charge is -2.23. The Hall–Kier alpha value is -4.58. The third-order valence-electron chi connectivity index (χ3n) is 6.08. The van der Waals surface area contributed by atoms with E-state index in [0.717, 1.165) is 11.0 Å². The maximum Gasteiger partial charge on any atom is 0.271 e. The number of nitro benzene ring substituents is 1. The van der Waals surface area contributed by atoms with Gasteiger partial charge in [-0.05, 0) is 48.9 Å². The molecule has 1 saturated heterocycles. The highest BCUT2D eigenvalue weighted by atomic mass is 32.2. The molecule has 0 aliphatic carbocycles. The summed E-state index contributed by atoms with van der Waals surface area (Å²) in [6.07, 6.45) is 1.21. The van der Waals surface area contributed by atoms with Crippen LogP contribution in [0.1, 0.15) is 23.4 Å². The summed E-state index contributed by atoms with van der Waals surface area (Å²) in [4.78, 5) is 25.2. The van der Waals surface area contributed by atoms with Crippen molar-refractivity contribution in [1.82, 2.24) is 0 Å². The number of rotatable bonds is 9. The van der Waals surface area contributed by atoms with Gasteiger partial charge in [0, 0.05) is 29.4 Å². The lowest BCUT2D eigenvalue weighted by atomic mass is 10.1. The van der Waals surface area contributed by atoms with E-state index in [1.54, 1.807) is 24.3 Å². The second-order valence-electron chi connectivity index (χ2n) is 8.31. The van der Waals surface area contributed by atoms with E-state index in [0.29, 0.717) is 23.9 Å². The zero-order valence-corrected chi connectivity index (χ0v) is 22.4. The van der Waals surface area contributed by atoms with Crippen molar-refractivity contribution in [2.45, 2.75) is 12.3 Å². The second-order valence-corrected chi connectivity index (χ2v) is 10.3. The van der Waals surface area contributed by atoms with Crippen molar-refractivity contribution in [3.63, 3.8) is 0 Å². The van der Waals surface area contributed by atoms with Crippen LogP contribution in [0, 0.1) is 10.1 Å². The number of carbonyl (C=O) groups excluding carboxylic acids is 1. The van der Waals surface area contributed by atoms with E-state index in [4.69, 9.17) is 18.9 Å². The van der Waals surface area contributed by atoms with Crippen LogP contribution < -0.4 is 23.8 Å². The fraction of sp³-hybridized carbons (Fsp3) is 0.222. The largest absolute Gasteiger partial charge is 0.496 e. The van der Waals surface area contributed by atoms with E-state index in [1.807, 2.05) is 6.92 Å². The van der Waals surface area contributed by atoms with Gasteiger partial charge in [0.2, 0.25) is 9.84 Å². The minimum absolute atomic E-state index is 0.0640. The van der Waals surface area contributed by atoms with Gasteiger partial charge in [0.25, 0.3) is 11.6 Å². The van der Waals surface area contributed by atoms with Crippen molar-refractivity contribution in [1.29, 1.82) is 0 Å². The van der Waals surface area contributed by atoms with Gasteiger partial charge in [-0.3, -0.25) is 19.8 Å². The first-order valence-electron chi connectivity index (χ1n) is 11.7. The Bertz CT molecular complexity index is 1550. The Labute approximate surface area is 225 Å². The first kappa shape index (κ1) is 27.5. The van der Waals surface area contributed by atoms with Crippen molar-refractivity contribution in [2.24, 2.45) is 0 Å². The van der Waals surface area contributed by atoms with Crippen LogP contribution in [0.2, 0.25) is 0 Å². The van der Waals surface area contributed by atoms with E-state index in [9.17, 15) is 23.3 Å². The molecule has 1 unspecified atom stereocenters. The van der Waals surface area contributed by atoms with Crippen LogP contribution in [0.4, 0.5) is 11.4 Å². The Morgan fingerprint density at radius 2 is 1.59 bits per heavy atom. The topological polar surface area (TPSA) is 135 Å². The number of ether oxygens (including phenoxy) is 4. The molecule has 3 aromatic rings. The zero-order chi connectivity index (χ0) is 28.3. The van der Waals surface area contributed by atoms with Crippen LogP contribution in [-0.2, 0) is 14.6 Å². The summed E-state index contributed by atoms with van der Waals surface area (Å²) in [6.45, 7) is 2.25. The van der Waals surface area contributed by atoms with Crippen LogP contribution >= 0.6 is 0 Å². The Morgan fingerprint density at radius 1 is 0.949 bits per heavy atom. The zero-order valence-electron chi connectivity index (χ0n) is 21.6. The predicted molar refractivity (Wildman–Crippen MR) is 144 cm³/mol. The number of benzene rings is 3. The monoisotopic (exact) mass is 554 g/mol. The molecule has 3 aromatic carbocycles. The van der Waals surface area contributed by atoms with Crippen LogP contribution in [-0.4, -0.2) is 47.2 Å². The maximum atomic E-state index is 14.0. The molecule has 204 valence electrons. The number of carbonyl (C=O) groups is 1. The van der Waals surface area contributed by atoms with Gasteiger partial charge >= 0.3 is 0 Å². The predicted octanol–water partition coefficient (Wildman–Crippen LogP) is 4.52. The quantitative estimate of drug-likeness (QED) is 0.212. The number of hydrogen-bond donors (Lipinski definition) is 0. The molecule has 4 rings (SSSR count). The molecule has 11 nitrogen and oxygen atoms in total. The molecular formula is C27H26N2O9S. The fourth-order valence-electron chi connectivity index (χ4n) is 4.30. The number of methoxy groups -OCH3 is 3. The van der Waals surface area contributed by atoms with Gasteiger partial charge in [0.15, 0.2) is 16.9 Å². The highest BCUT2D eigenvalue weighted by Crippen LogP contribution is 2.45. The molecule has 1 atom stereocenters. The number of sulfone groups is 1. The molecule has 0 radical (unpaired) electrons. The lowest BCUT2D eigenvalue weighted by Crippen LogP contribution is -2.29. The molecule has 12 heteroatoms. The highest BCUT2D eigenvalue weighted by molar-refractivity contribution is 7.97. The molecule has 1 aliphatic heterocycles. The number of anilines is 1. The number of non-ortho nitro benzene ring substituents is 1. The van der Waals surface area contributed by atoms with Crippen molar-refractivity contribution in [3.05, 3.63) is 86.8 Å². The molecular weight excluding hydrogens is 528 g/mol. The van der Waals surface area contributed by atoms with E-state index in [2.05, 4.69) is 0 Å². The van der Waals surface area contributed by atoms with E-state index >= 15 is 0 Å². The summed E-state index contributed by atoms with van der Waals surface area (Å²) in [5.41, 5.74) is 0.287. The van der Waals surface area contributed by atoms with Crippen LogP contribution in [0.3, 0.4) is 0 Å². The molecule has 0 bridgehead atoms. The first-order valence-corrected chi connectivity index (χ1v) is 13.3. The molecule has 0 N–H and O–H groups in total. The number of hydrogen-bond acceptors (Lipinski definition) is 9. The lowest BCUT2D eigenvalue weighted by molar-refractivity contribution is -0.384. The first-order chi connectivity index (χ1) is 18.7. The van der Waals surface area contributed by atoms with Crippen molar-refractivity contribution >= 4 is 33.2 Å². The highest BCUT2D eigenvalue weighted by Gasteiger charge is 2.50. The molecule has 1 amide bonds. The van der Waals surface area contributed by atoms with Gasteiger partial charge < -0.3 is 18.9 Å². The van der Waals surface area contributed by atoms with Gasteiger partial charge in [0.1, 0.15) is 16.4 Å². The maximum absolute atomic E-state index is 14.0. The number of amides is 1. The SMILES string of the molecule is CCOc1ccc(N2C(=O)/C(=C\c3cc(OC)c(OC)cc3OC)S(=O)(=O)C2c2cccc([N+](=O)[O-])c2)cc1. The molecule has 1 heterocycles. The van der Waals surface area contributed by atoms with Crippen LogP contribution in [0.5, 0.6) is 23.0 Å². The summed E-state index contributed by atoms with van der Waals surface area (Å²) < 4.78 is 49.5. The number of nitrogens with zero attached hydrogens (tertiary/aromatic N) is 2. The normalized spacial score (nSPS) is 17.2. The molecule has 0 aromatic heterocycles. The standard InChI is InChI=1S/C27H26N2O9S/c1-5-38-21-11-9-19(10-12-21)28-26(30)25(15-18-14-23(36-3)24(37-4)16-22(18)35-2)39(33,34)27(28)17-7-6-8-20(13-17)29(31)32/h6-16,27H,5H2,1-4H3/b25-15+. The molecule has 0 saturated carbocycles. The van der Waals surface area contributed by atoms with E-state index < -0.39 is 30.9 Å². The summed E-state index contributed by atoms with van der Waals surface area (Å²) in [5, 5.41) is 9.89. The van der Waals surface area contributed by atoms with Gasteiger partial charge in [-0.25, -0.2) is 8.42 Å². The minimum Gasteiger partial charge on any atom is -0.496 e. The average molecular weight is 555 g/mol. The summed E-state index contributed by atoms with van der Waals surface area (Å²) in [6, 6.07) is 14.6. The van der Waals surface area contributed by atoms with Crippen LogP contribution in [0.25, 0.3) is 6.08 Å². The number of nitro groups is 1. The van der Waals surface area contributed by atoms with E-state index in [1.165, 1.54) is 57.7 Å². The Kier molecular flexibility index (Phi) is 7.77. The average Bonchev–Trinajstić information content (AvgIpc) is 3.13. The second kappa shape index (κ2) is 11.0. The summed E-state index contributed by atoms with van der Waals surface area (Å²) in [5.74, 6) is 0.616. The summed E-state index contributed by atoms with van der Waals surface area (Å²) in [7, 11) is -0.133. The fourth-order valence-corrected chi connectivity index (χ4v) is 6.17. The third kappa shape index (κ3) is 5.10. The Morgan fingerprint density at radius 3 is 2.18 bits per heavy atom. The Balaban J connectivity index is 1.94. The molecule has 0 spiro atoms. The van der Waals surface area contributed by atoms with Crippen molar-refractivity contribution in [2.75, 3.05) is 32.8 Å². The van der Waals surface area contributed by atoms with E-state index in [-0.39, 0.29) is 28.3 Å². The van der Waals surface area contributed by atoms with Crippen molar-refractivity contribution < 1.29 is 37.1 Å². The molecule has 1 aliphatic rings. The van der Waals surface area contributed by atoms with Gasteiger partial charge in [-0.15, -0.1) is 0 Å². The summed E-state index contributed by atoms with van der Waals surface area (Å²) >= 11 is 0. The third-order valence-corrected chi connectivity index (χ3v) is 8.06. The van der Waals surface area contributed by atoms with Crippen LogP contribution in [0.15, 0.2) is 65.6 Å². The van der Waals surface area contributed by atoms with Crippen molar-refractivity contribution in [3.8, 4) is 23.0 Å². The van der Waals surface area contributed by atoms with Gasteiger partial charge in [-0.1, -0.05) is 12.1 Å². The molecule has 1 fully saturated rings. The smallest absolute Gasteiger partial charge is 0.271 e. The minimum atomic E-state index is -4.39. The van der Waals surface area contributed by atoms with Gasteiger partial charge in [0.05, 0.1) is 32.9 Å².